The van der Waals surface area contributed by atoms with E-state index < -0.39 is 0 Å². The van der Waals surface area contributed by atoms with Crippen LogP contribution in [0.1, 0.15) is 0 Å². The summed E-state index contributed by atoms with van der Waals surface area (Å²) in [7, 11) is 3.14. The molecule has 0 atom stereocenters. The summed E-state index contributed by atoms with van der Waals surface area (Å²) in [6.45, 7) is 0. The van der Waals surface area contributed by atoms with Crippen molar-refractivity contribution in [3.05, 3.63) is 25.4 Å². The molecule has 9 heavy (non-hydrogen) atoms. The van der Waals surface area contributed by atoms with Gasteiger partial charge in [0.2, 0.25) is 5.88 Å². The molecule has 47 valence electrons. The number of aromatic hydroxyl groups is 1. The highest BCUT2D eigenvalue weighted by molar-refractivity contribution is 5.20. The second-order valence-electron chi connectivity index (χ2n) is 1.50. The van der Waals surface area contributed by atoms with Gasteiger partial charge in [0, 0.05) is 6.07 Å². The maximum Gasteiger partial charge on any atom is 0.213 e. The minimum absolute atomic E-state index is 0.121. The third kappa shape index (κ3) is 1.32. The quantitative estimate of drug-likeness (QED) is 0.606. The van der Waals surface area contributed by atoms with E-state index in [-0.39, 0.29) is 5.75 Å². The largest absolute Gasteiger partial charge is 0.506 e. The predicted octanol–water partition coefficient (Wildman–Crippen LogP) is 0.958. The first-order valence-electron chi connectivity index (χ1n) is 2.40. The molecule has 1 radical (unpaired) electrons. The van der Waals surface area contributed by atoms with E-state index in [4.69, 9.17) is 5.11 Å². The van der Waals surface area contributed by atoms with E-state index in [1.54, 1.807) is 0 Å². The van der Waals surface area contributed by atoms with Crippen LogP contribution in [-0.4, -0.2) is 10.1 Å². The van der Waals surface area contributed by atoms with Crippen LogP contribution in [0.25, 0.3) is 0 Å². The molecule has 1 aromatic heterocycles. The van der Waals surface area contributed by atoms with Crippen molar-refractivity contribution in [2.75, 3.05) is 0 Å². The van der Waals surface area contributed by atoms with Crippen LogP contribution < -0.4 is 4.74 Å². The fourth-order valence-corrected chi connectivity index (χ4v) is 0.458. The van der Waals surface area contributed by atoms with Crippen molar-refractivity contribution in [1.82, 2.24) is 4.98 Å². The SMILES string of the molecule is [CH2]Oc1ccc(O)cn1. The van der Waals surface area contributed by atoms with Crippen LogP contribution in [0, 0.1) is 7.11 Å². The maximum atomic E-state index is 8.71. The number of hydrogen-bond donors (Lipinski definition) is 1. The van der Waals surface area contributed by atoms with Gasteiger partial charge in [-0.1, -0.05) is 0 Å². The zero-order valence-corrected chi connectivity index (χ0v) is 4.74. The number of hydrogen-bond acceptors (Lipinski definition) is 3. The third-order valence-corrected chi connectivity index (χ3v) is 0.869. The summed E-state index contributed by atoms with van der Waals surface area (Å²) in [6.07, 6.45) is 1.29. The highest BCUT2D eigenvalue weighted by Gasteiger charge is 1.89. The van der Waals surface area contributed by atoms with Crippen LogP contribution in [-0.2, 0) is 0 Å². The molecule has 0 aliphatic carbocycles. The van der Waals surface area contributed by atoms with Gasteiger partial charge in [0.05, 0.1) is 6.20 Å². The van der Waals surface area contributed by atoms with E-state index in [2.05, 4.69) is 16.8 Å². The van der Waals surface area contributed by atoms with Crippen LogP contribution in [0.5, 0.6) is 11.6 Å². The Morgan fingerprint density at radius 2 is 2.33 bits per heavy atom. The van der Waals surface area contributed by atoms with E-state index in [1.165, 1.54) is 18.3 Å². The molecular formula is C6H6NO2. The standard InChI is InChI=1S/C6H6NO2/c1-9-6-3-2-5(8)4-7-6/h2-4,8H,1H2. The van der Waals surface area contributed by atoms with Crippen LogP contribution in [0.2, 0.25) is 0 Å². The van der Waals surface area contributed by atoms with E-state index in [0.29, 0.717) is 5.88 Å². The number of nitrogens with zero attached hydrogens (tertiary/aromatic N) is 1. The molecule has 0 saturated heterocycles. The molecule has 3 heteroatoms. The fraction of sp³-hybridized carbons (Fsp3) is 0. The summed E-state index contributed by atoms with van der Waals surface area (Å²) in [5, 5.41) is 8.71. The lowest BCUT2D eigenvalue weighted by Crippen LogP contribution is -1.81. The molecule has 0 saturated carbocycles. The average Bonchev–Trinajstić information content (AvgIpc) is 1.90. The van der Waals surface area contributed by atoms with Gasteiger partial charge in [-0.15, -0.1) is 0 Å². The molecule has 0 aromatic carbocycles. The van der Waals surface area contributed by atoms with Crippen LogP contribution >= 0.6 is 0 Å². The molecule has 0 aliphatic rings. The van der Waals surface area contributed by atoms with Gasteiger partial charge in [0.15, 0.2) is 0 Å². The van der Waals surface area contributed by atoms with Gasteiger partial charge in [-0.2, -0.15) is 0 Å². The minimum atomic E-state index is 0.121. The Morgan fingerprint density at radius 1 is 1.56 bits per heavy atom. The van der Waals surface area contributed by atoms with Crippen molar-refractivity contribution in [3.8, 4) is 11.6 Å². The van der Waals surface area contributed by atoms with Crippen molar-refractivity contribution in [2.24, 2.45) is 0 Å². The van der Waals surface area contributed by atoms with E-state index in [9.17, 15) is 0 Å². The summed E-state index contributed by atoms with van der Waals surface area (Å²) in [5.41, 5.74) is 0. The second kappa shape index (κ2) is 2.35. The summed E-state index contributed by atoms with van der Waals surface area (Å²) < 4.78 is 4.50. The lowest BCUT2D eigenvalue weighted by Gasteiger charge is -1.94. The Bertz CT molecular complexity index is 183. The van der Waals surface area contributed by atoms with Gasteiger partial charge in [-0.3, -0.25) is 0 Å². The normalized spacial score (nSPS) is 9.00. The molecule has 1 aromatic rings. The van der Waals surface area contributed by atoms with E-state index >= 15 is 0 Å². The van der Waals surface area contributed by atoms with Crippen molar-refractivity contribution in [3.63, 3.8) is 0 Å². The van der Waals surface area contributed by atoms with E-state index in [0.717, 1.165) is 0 Å². The second-order valence-corrected chi connectivity index (χ2v) is 1.50. The van der Waals surface area contributed by atoms with Crippen molar-refractivity contribution < 1.29 is 9.84 Å². The third-order valence-electron chi connectivity index (χ3n) is 0.869. The maximum absolute atomic E-state index is 8.71. The fourth-order valence-electron chi connectivity index (χ4n) is 0.458. The Kier molecular flexibility index (Phi) is 1.53. The molecule has 1 N–H and O–H groups in total. The van der Waals surface area contributed by atoms with Gasteiger partial charge in [0.1, 0.15) is 12.9 Å². The summed E-state index contributed by atoms with van der Waals surface area (Å²) in [4.78, 5) is 3.66. The van der Waals surface area contributed by atoms with Crippen LogP contribution in [0.4, 0.5) is 0 Å². The van der Waals surface area contributed by atoms with Crippen molar-refractivity contribution in [2.45, 2.75) is 0 Å². The highest BCUT2D eigenvalue weighted by atomic mass is 16.5. The lowest BCUT2D eigenvalue weighted by atomic mass is 10.4. The van der Waals surface area contributed by atoms with Crippen molar-refractivity contribution >= 4 is 0 Å². The van der Waals surface area contributed by atoms with Gasteiger partial charge in [-0.05, 0) is 6.07 Å². The first-order valence-corrected chi connectivity index (χ1v) is 2.40. The zero-order valence-electron chi connectivity index (χ0n) is 4.74. The molecule has 0 aliphatic heterocycles. The predicted molar refractivity (Wildman–Crippen MR) is 31.9 cm³/mol. The summed E-state index contributed by atoms with van der Waals surface area (Å²) in [6, 6.07) is 3.01. The summed E-state index contributed by atoms with van der Waals surface area (Å²) in [5.74, 6) is 0.517. The topological polar surface area (TPSA) is 42.4 Å². The molecule has 0 unspecified atom stereocenters. The molecule has 1 heterocycles. The first-order chi connectivity index (χ1) is 4.33. The molecule has 1 rings (SSSR count). The van der Waals surface area contributed by atoms with Gasteiger partial charge < -0.3 is 9.84 Å². The average molecular weight is 124 g/mol. The van der Waals surface area contributed by atoms with E-state index in [1.807, 2.05) is 0 Å². The Morgan fingerprint density at radius 3 is 2.78 bits per heavy atom. The summed E-state index contributed by atoms with van der Waals surface area (Å²) >= 11 is 0. The molecule has 0 bridgehead atoms. The lowest BCUT2D eigenvalue weighted by molar-refractivity contribution is 0.441. The van der Waals surface area contributed by atoms with Crippen LogP contribution in [0.3, 0.4) is 0 Å². The number of rotatable bonds is 1. The monoisotopic (exact) mass is 124 g/mol. The number of aromatic nitrogens is 1. The van der Waals surface area contributed by atoms with Gasteiger partial charge >= 0.3 is 0 Å². The Hall–Kier alpha value is -1.25. The van der Waals surface area contributed by atoms with Crippen molar-refractivity contribution in [1.29, 1.82) is 0 Å². The smallest absolute Gasteiger partial charge is 0.213 e. The van der Waals surface area contributed by atoms with Gasteiger partial charge in [0.25, 0.3) is 0 Å². The minimum Gasteiger partial charge on any atom is -0.506 e. The molecular weight excluding hydrogens is 118 g/mol. The number of ether oxygens (including phenoxy) is 1. The molecule has 3 nitrogen and oxygen atoms in total. The molecule has 0 amide bonds. The molecule has 0 fully saturated rings. The first kappa shape index (κ1) is 5.88. The molecule has 0 spiro atoms. The van der Waals surface area contributed by atoms with Crippen LogP contribution in [0.15, 0.2) is 18.3 Å². The zero-order chi connectivity index (χ0) is 6.69. The number of pyridine rings is 1. The Balaban J connectivity index is 2.88. The Labute approximate surface area is 52.9 Å². The van der Waals surface area contributed by atoms with Gasteiger partial charge in [-0.25, -0.2) is 4.98 Å². The highest BCUT2D eigenvalue weighted by Crippen LogP contribution is 2.10.